The maximum absolute atomic E-state index is 13.3. The van der Waals surface area contributed by atoms with Crippen molar-refractivity contribution in [3.63, 3.8) is 0 Å². The van der Waals surface area contributed by atoms with E-state index in [1.807, 2.05) is 17.6 Å². The van der Waals surface area contributed by atoms with Crippen LogP contribution < -0.4 is 4.90 Å². The van der Waals surface area contributed by atoms with Crippen molar-refractivity contribution in [1.82, 2.24) is 4.57 Å². The third kappa shape index (κ3) is 3.35. The molecule has 0 saturated heterocycles. The van der Waals surface area contributed by atoms with Crippen LogP contribution in [0.4, 0.5) is 5.69 Å². The van der Waals surface area contributed by atoms with Crippen molar-refractivity contribution in [3.05, 3.63) is 71.9 Å². The average molecular weight is 362 g/mol. The number of benzene rings is 2. The predicted octanol–water partition coefficient (Wildman–Crippen LogP) is 5.24. The number of carbonyl (C=O) groups excluding carboxylic acids is 1. The molecule has 0 radical (unpaired) electrons. The number of aromatic nitrogens is 1. The lowest BCUT2D eigenvalue weighted by molar-refractivity contribution is 0.0984. The largest absolute Gasteiger partial charge is 0.508 e. The summed E-state index contributed by atoms with van der Waals surface area (Å²) in [6, 6.07) is 13.1. The van der Waals surface area contributed by atoms with E-state index in [1.165, 1.54) is 5.56 Å². The third-order valence-electron chi connectivity index (χ3n) is 5.06. The van der Waals surface area contributed by atoms with Crippen molar-refractivity contribution in [1.29, 1.82) is 0 Å². The van der Waals surface area contributed by atoms with Gasteiger partial charge in [0, 0.05) is 30.2 Å². The Hall–Kier alpha value is -3.01. The molecule has 0 aliphatic heterocycles. The van der Waals surface area contributed by atoms with Crippen LogP contribution in [0.1, 0.15) is 41.4 Å². The van der Waals surface area contributed by atoms with Crippen LogP contribution in [0.2, 0.25) is 0 Å². The number of phenolic OH excluding ortho intramolecular Hbond substituents is 1. The molecule has 4 nitrogen and oxygen atoms in total. The minimum atomic E-state index is -0.0812. The summed E-state index contributed by atoms with van der Waals surface area (Å²) in [4.78, 5) is 15.0. The predicted molar refractivity (Wildman–Crippen MR) is 112 cm³/mol. The van der Waals surface area contributed by atoms with Gasteiger partial charge >= 0.3 is 0 Å². The van der Waals surface area contributed by atoms with E-state index in [-0.39, 0.29) is 11.7 Å². The zero-order valence-electron chi connectivity index (χ0n) is 16.4. The molecule has 1 aromatic heterocycles. The van der Waals surface area contributed by atoms with E-state index in [0.29, 0.717) is 18.2 Å². The molecule has 140 valence electrons. The number of amides is 1. The quantitative estimate of drug-likeness (QED) is 0.631. The molecule has 0 fully saturated rings. The minimum Gasteiger partial charge on any atom is -0.508 e. The van der Waals surface area contributed by atoms with Crippen LogP contribution >= 0.6 is 0 Å². The summed E-state index contributed by atoms with van der Waals surface area (Å²) < 4.78 is 2.03. The second-order valence-corrected chi connectivity index (χ2v) is 7.18. The molecular formula is C23H26N2O2. The van der Waals surface area contributed by atoms with Gasteiger partial charge in [0.05, 0.1) is 0 Å². The zero-order chi connectivity index (χ0) is 19.7. The maximum atomic E-state index is 13.3. The number of hydrogen-bond acceptors (Lipinski definition) is 2. The van der Waals surface area contributed by atoms with E-state index in [0.717, 1.165) is 22.2 Å². The maximum Gasteiger partial charge on any atom is 0.274 e. The highest BCUT2D eigenvalue weighted by molar-refractivity contribution is 6.09. The summed E-state index contributed by atoms with van der Waals surface area (Å²) in [7, 11) is 1.75. The van der Waals surface area contributed by atoms with Crippen molar-refractivity contribution in [3.8, 4) is 5.75 Å². The van der Waals surface area contributed by atoms with Gasteiger partial charge < -0.3 is 14.6 Å². The molecular weight excluding hydrogens is 336 g/mol. The molecule has 0 atom stereocenters. The highest BCUT2D eigenvalue weighted by atomic mass is 16.3. The van der Waals surface area contributed by atoms with E-state index in [4.69, 9.17) is 0 Å². The van der Waals surface area contributed by atoms with Crippen molar-refractivity contribution in [2.75, 3.05) is 11.9 Å². The van der Waals surface area contributed by atoms with Crippen molar-refractivity contribution in [2.24, 2.45) is 0 Å². The number of anilines is 1. The second kappa shape index (κ2) is 7.31. The first kappa shape index (κ1) is 18.8. The SMILES string of the molecule is C=CCn1c(C(=O)N(C)c2ccc(O)cc2)c(C)c2cc(C(C)C)ccc21. The first-order chi connectivity index (χ1) is 12.8. The monoisotopic (exact) mass is 362 g/mol. The molecule has 0 aliphatic carbocycles. The Labute approximate surface area is 160 Å². The van der Waals surface area contributed by atoms with Crippen LogP contribution in [-0.4, -0.2) is 22.6 Å². The lowest BCUT2D eigenvalue weighted by Crippen LogP contribution is -2.29. The number of carbonyl (C=O) groups is 1. The number of hydrogen-bond donors (Lipinski definition) is 1. The number of rotatable bonds is 5. The van der Waals surface area contributed by atoms with Crippen molar-refractivity contribution < 1.29 is 9.90 Å². The van der Waals surface area contributed by atoms with Gasteiger partial charge in [0.25, 0.3) is 5.91 Å². The average Bonchev–Trinajstić information content (AvgIpc) is 2.93. The van der Waals surface area contributed by atoms with Crippen LogP contribution in [0.3, 0.4) is 0 Å². The highest BCUT2D eigenvalue weighted by Gasteiger charge is 2.23. The second-order valence-electron chi connectivity index (χ2n) is 7.18. The van der Waals surface area contributed by atoms with Crippen LogP contribution in [0.25, 0.3) is 10.9 Å². The fourth-order valence-corrected chi connectivity index (χ4v) is 3.45. The molecule has 27 heavy (non-hydrogen) atoms. The molecule has 1 heterocycles. The van der Waals surface area contributed by atoms with E-state index in [9.17, 15) is 9.90 Å². The molecule has 0 spiro atoms. The first-order valence-corrected chi connectivity index (χ1v) is 9.15. The van der Waals surface area contributed by atoms with E-state index in [2.05, 4.69) is 38.6 Å². The van der Waals surface area contributed by atoms with E-state index < -0.39 is 0 Å². The number of nitrogens with zero attached hydrogens (tertiary/aromatic N) is 2. The molecule has 0 saturated carbocycles. The standard InChI is InChI=1S/C23H26N2O2/c1-6-13-25-21-12-7-17(15(2)3)14-20(21)16(4)22(25)23(27)24(5)18-8-10-19(26)11-9-18/h6-12,14-15,26H,1,13H2,2-5H3. The summed E-state index contributed by atoms with van der Waals surface area (Å²) >= 11 is 0. The van der Waals surface area contributed by atoms with Crippen LogP contribution in [0.5, 0.6) is 5.75 Å². The summed E-state index contributed by atoms with van der Waals surface area (Å²) in [5.74, 6) is 0.524. The summed E-state index contributed by atoms with van der Waals surface area (Å²) in [6.07, 6.45) is 1.81. The van der Waals surface area contributed by atoms with Crippen LogP contribution in [0.15, 0.2) is 55.1 Å². The smallest absolute Gasteiger partial charge is 0.274 e. The van der Waals surface area contributed by atoms with Gasteiger partial charge in [0.15, 0.2) is 0 Å². The van der Waals surface area contributed by atoms with E-state index >= 15 is 0 Å². The number of fused-ring (bicyclic) bond motifs is 1. The molecule has 3 aromatic rings. The lowest BCUT2D eigenvalue weighted by atomic mass is 10.0. The Kier molecular flexibility index (Phi) is 5.08. The molecule has 3 rings (SSSR count). The molecule has 1 N–H and O–H groups in total. The van der Waals surface area contributed by atoms with Gasteiger partial charge in [-0.25, -0.2) is 0 Å². The molecule has 1 amide bonds. The van der Waals surface area contributed by atoms with Crippen LogP contribution in [-0.2, 0) is 6.54 Å². The lowest BCUT2D eigenvalue weighted by Gasteiger charge is -2.19. The summed E-state index contributed by atoms with van der Waals surface area (Å²) in [6.45, 7) is 10.8. The molecule has 2 aromatic carbocycles. The van der Waals surface area contributed by atoms with Gasteiger partial charge in [-0.1, -0.05) is 26.0 Å². The Balaban J connectivity index is 2.15. The topological polar surface area (TPSA) is 45.5 Å². The number of allylic oxidation sites excluding steroid dienone is 1. The fourth-order valence-electron chi connectivity index (χ4n) is 3.45. The van der Waals surface area contributed by atoms with Crippen LogP contribution in [0, 0.1) is 6.92 Å². The van der Waals surface area contributed by atoms with Crippen molar-refractivity contribution in [2.45, 2.75) is 33.2 Å². The van der Waals surface area contributed by atoms with Gasteiger partial charge in [-0.3, -0.25) is 4.79 Å². The normalized spacial score (nSPS) is 11.1. The fraction of sp³-hybridized carbons (Fsp3) is 0.261. The van der Waals surface area contributed by atoms with Gasteiger partial charge in [-0.05, 0) is 60.4 Å². The molecule has 0 unspecified atom stereocenters. The van der Waals surface area contributed by atoms with Crippen molar-refractivity contribution >= 4 is 22.5 Å². The first-order valence-electron chi connectivity index (χ1n) is 9.15. The summed E-state index contributed by atoms with van der Waals surface area (Å²) in [5.41, 5.74) is 4.67. The van der Waals surface area contributed by atoms with Gasteiger partial charge in [0.2, 0.25) is 0 Å². The van der Waals surface area contributed by atoms with Gasteiger partial charge in [-0.2, -0.15) is 0 Å². The highest BCUT2D eigenvalue weighted by Crippen LogP contribution is 2.31. The zero-order valence-corrected chi connectivity index (χ0v) is 16.4. The molecule has 0 bridgehead atoms. The van der Waals surface area contributed by atoms with E-state index in [1.54, 1.807) is 36.2 Å². The minimum absolute atomic E-state index is 0.0812. The molecule has 0 aliphatic rings. The Morgan fingerprint density at radius 3 is 2.48 bits per heavy atom. The van der Waals surface area contributed by atoms with Gasteiger partial charge in [-0.15, -0.1) is 6.58 Å². The molecule has 4 heteroatoms. The van der Waals surface area contributed by atoms with Gasteiger partial charge in [0.1, 0.15) is 11.4 Å². The Bertz CT molecular complexity index is 997. The number of aromatic hydroxyl groups is 1. The number of aryl methyl sites for hydroxylation is 1. The Morgan fingerprint density at radius 2 is 1.89 bits per heavy atom. The third-order valence-corrected chi connectivity index (χ3v) is 5.06. The summed E-state index contributed by atoms with van der Waals surface area (Å²) in [5, 5.41) is 10.6. The Morgan fingerprint density at radius 1 is 1.22 bits per heavy atom. The number of phenols is 1.